The lowest BCUT2D eigenvalue weighted by Crippen LogP contribution is -2.15. The summed E-state index contributed by atoms with van der Waals surface area (Å²) in [4.78, 5) is 29.1. The van der Waals surface area contributed by atoms with E-state index in [-0.39, 0.29) is 18.2 Å². The zero-order valence-electron chi connectivity index (χ0n) is 14.6. The number of nitrogens with zero attached hydrogens (tertiary/aromatic N) is 1. The van der Waals surface area contributed by atoms with Crippen molar-refractivity contribution in [1.82, 2.24) is 4.98 Å². The number of anilines is 3. The Bertz CT molecular complexity index is 1090. The maximum Gasteiger partial charge on any atom is 0.267 e. The van der Waals surface area contributed by atoms with Crippen molar-refractivity contribution in [2.75, 3.05) is 21.6 Å². The molecule has 146 valence electrons. The fourth-order valence-corrected chi connectivity index (χ4v) is 4.14. The summed E-state index contributed by atoms with van der Waals surface area (Å²) in [6.45, 7) is 0. The van der Waals surface area contributed by atoms with Crippen molar-refractivity contribution in [2.24, 2.45) is 0 Å². The number of thiophene rings is 1. The molecule has 0 fully saturated rings. The van der Waals surface area contributed by atoms with Crippen LogP contribution >= 0.6 is 22.7 Å². The molecule has 8 nitrogen and oxygen atoms in total. The number of carbonyl (C=O) groups excluding carboxylic acids is 2. The van der Waals surface area contributed by atoms with E-state index in [4.69, 9.17) is 0 Å². The summed E-state index contributed by atoms with van der Waals surface area (Å²) >= 11 is 2.57. The number of benzene rings is 1. The molecule has 2 aromatic heterocycles. The molecule has 2 amide bonds. The van der Waals surface area contributed by atoms with Crippen LogP contribution in [0.5, 0.6) is 0 Å². The summed E-state index contributed by atoms with van der Waals surface area (Å²) < 4.78 is 24.9. The second kappa shape index (κ2) is 8.50. The minimum atomic E-state index is -3.40. The lowest BCUT2D eigenvalue weighted by molar-refractivity contribution is -0.115. The maximum atomic E-state index is 12.2. The molecule has 2 heterocycles. The average Bonchev–Trinajstić information content (AvgIpc) is 3.25. The number of hydrogen-bond acceptors (Lipinski definition) is 7. The van der Waals surface area contributed by atoms with Crippen LogP contribution in [0.3, 0.4) is 0 Å². The minimum absolute atomic E-state index is 0.0229. The Labute approximate surface area is 169 Å². The van der Waals surface area contributed by atoms with Gasteiger partial charge in [0.1, 0.15) is 0 Å². The van der Waals surface area contributed by atoms with Crippen LogP contribution in [0.15, 0.2) is 47.2 Å². The number of amides is 2. The number of hydrogen-bond donors (Lipinski definition) is 3. The monoisotopic (exact) mass is 436 g/mol. The van der Waals surface area contributed by atoms with Gasteiger partial charge in [0.05, 0.1) is 28.9 Å². The Hall–Kier alpha value is -2.76. The normalized spacial score (nSPS) is 11.0. The fraction of sp³-hybridized carbons (Fsp3) is 0.118. The van der Waals surface area contributed by atoms with Gasteiger partial charge in [0, 0.05) is 11.1 Å². The average molecular weight is 437 g/mol. The molecule has 0 aliphatic carbocycles. The van der Waals surface area contributed by atoms with E-state index in [1.807, 2.05) is 5.38 Å². The smallest absolute Gasteiger partial charge is 0.267 e. The zero-order valence-corrected chi connectivity index (χ0v) is 17.1. The molecule has 3 rings (SSSR count). The highest BCUT2D eigenvalue weighted by atomic mass is 32.2. The lowest BCUT2D eigenvalue weighted by Gasteiger charge is -2.08. The topological polar surface area (TPSA) is 117 Å². The molecule has 1 aromatic carbocycles. The van der Waals surface area contributed by atoms with Crippen LogP contribution in [0.25, 0.3) is 0 Å². The molecule has 0 saturated heterocycles. The SMILES string of the molecule is CS(=O)(=O)Nc1cccc(NC(=O)Cc2csc(NC(=O)c3cccs3)n2)c1. The first-order chi connectivity index (χ1) is 13.3. The fourth-order valence-electron chi connectivity index (χ4n) is 2.26. The number of sulfonamides is 1. The molecule has 0 aliphatic heterocycles. The summed E-state index contributed by atoms with van der Waals surface area (Å²) in [7, 11) is -3.40. The van der Waals surface area contributed by atoms with Gasteiger partial charge in [-0.3, -0.25) is 19.6 Å². The van der Waals surface area contributed by atoms with E-state index in [9.17, 15) is 18.0 Å². The minimum Gasteiger partial charge on any atom is -0.326 e. The largest absolute Gasteiger partial charge is 0.326 e. The van der Waals surface area contributed by atoms with Gasteiger partial charge in [0.2, 0.25) is 15.9 Å². The molecular formula is C17H16N4O4S3. The second-order valence-corrected chi connectivity index (χ2v) is 9.31. The Kier molecular flexibility index (Phi) is 6.07. The van der Waals surface area contributed by atoms with Gasteiger partial charge in [-0.2, -0.15) is 0 Å². The molecule has 3 aromatic rings. The Morgan fingerprint density at radius 3 is 2.57 bits per heavy atom. The molecule has 0 radical (unpaired) electrons. The van der Waals surface area contributed by atoms with Crippen LogP contribution < -0.4 is 15.4 Å². The number of nitrogens with one attached hydrogen (secondary N) is 3. The standard InChI is InChI=1S/C17H16N4O4S3/c1-28(24,25)21-12-5-2-4-11(8-12)18-15(22)9-13-10-27-17(19-13)20-16(23)14-6-3-7-26-14/h2-8,10,21H,9H2,1H3,(H,18,22)(H,19,20,23). The van der Waals surface area contributed by atoms with Crippen molar-refractivity contribution in [2.45, 2.75) is 6.42 Å². The second-order valence-electron chi connectivity index (χ2n) is 5.76. The van der Waals surface area contributed by atoms with Gasteiger partial charge in [-0.1, -0.05) is 12.1 Å². The summed E-state index contributed by atoms with van der Waals surface area (Å²) in [6.07, 6.45) is 1.07. The highest BCUT2D eigenvalue weighted by Crippen LogP contribution is 2.20. The van der Waals surface area contributed by atoms with E-state index in [2.05, 4.69) is 20.3 Å². The van der Waals surface area contributed by atoms with Gasteiger partial charge in [-0.15, -0.1) is 22.7 Å². The van der Waals surface area contributed by atoms with E-state index >= 15 is 0 Å². The quantitative estimate of drug-likeness (QED) is 0.526. The summed E-state index contributed by atoms with van der Waals surface area (Å²) in [5, 5.41) is 9.32. The first kappa shape index (κ1) is 20.0. The Balaban J connectivity index is 1.58. The molecule has 11 heteroatoms. The van der Waals surface area contributed by atoms with Crippen molar-refractivity contribution in [1.29, 1.82) is 0 Å². The van der Waals surface area contributed by atoms with Crippen molar-refractivity contribution < 1.29 is 18.0 Å². The molecule has 28 heavy (non-hydrogen) atoms. The highest BCUT2D eigenvalue weighted by molar-refractivity contribution is 7.92. The van der Waals surface area contributed by atoms with Gasteiger partial charge in [-0.25, -0.2) is 13.4 Å². The number of rotatable bonds is 7. The number of thiazole rings is 1. The van der Waals surface area contributed by atoms with Gasteiger partial charge in [-0.05, 0) is 29.6 Å². The van der Waals surface area contributed by atoms with Gasteiger partial charge in [0.15, 0.2) is 5.13 Å². The summed E-state index contributed by atoms with van der Waals surface area (Å²) in [5.41, 5.74) is 1.34. The first-order valence-corrected chi connectivity index (χ1v) is 11.6. The predicted octanol–water partition coefficient (Wildman–Crippen LogP) is 3.01. The van der Waals surface area contributed by atoms with E-state index in [1.54, 1.807) is 35.7 Å². The van der Waals surface area contributed by atoms with E-state index < -0.39 is 10.0 Å². The zero-order chi connectivity index (χ0) is 20.1. The Morgan fingerprint density at radius 2 is 1.86 bits per heavy atom. The third-order valence-electron chi connectivity index (χ3n) is 3.31. The molecule has 0 bridgehead atoms. The highest BCUT2D eigenvalue weighted by Gasteiger charge is 2.12. The van der Waals surface area contributed by atoms with Crippen LogP contribution in [0, 0.1) is 0 Å². The summed E-state index contributed by atoms with van der Waals surface area (Å²) in [5.74, 6) is -0.548. The summed E-state index contributed by atoms with van der Waals surface area (Å²) in [6, 6.07) is 9.89. The van der Waals surface area contributed by atoms with Crippen LogP contribution in [0.1, 0.15) is 15.4 Å². The third-order valence-corrected chi connectivity index (χ3v) is 5.59. The number of aromatic nitrogens is 1. The van der Waals surface area contributed by atoms with Crippen LogP contribution in [-0.2, 0) is 21.2 Å². The van der Waals surface area contributed by atoms with Gasteiger partial charge >= 0.3 is 0 Å². The van der Waals surface area contributed by atoms with E-state index in [0.717, 1.165) is 6.26 Å². The maximum absolute atomic E-state index is 12.2. The Morgan fingerprint density at radius 1 is 1.07 bits per heavy atom. The van der Waals surface area contributed by atoms with E-state index in [1.165, 1.54) is 28.7 Å². The van der Waals surface area contributed by atoms with Crippen LogP contribution in [0.2, 0.25) is 0 Å². The van der Waals surface area contributed by atoms with Crippen molar-refractivity contribution in [3.8, 4) is 0 Å². The van der Waals surface area contributed by atoms with Gasteiger partial charge < -0.3 is 5.32 Å². The molecular weight excluding hydrogens is 420 g/mol. The molecule has 0 atom stereocenters. The van der Waals surface area contributed by atoms with Crippen LogP contribution in [-0.4, -0.2) is 31.5 Å². The molecule has 3 N–H and O–H groups in total. The predicted molar refractivity (Wildman–Crippen MR) is 112 cm³/mol. The molecule has 0 saturated carbocycles. The van der Waals surface area contributed by atoms with Gasteiger partial charge in [0.25, 0.3) is 5.91 Å². The molecule has 0 aliphatic rings. The van der Waals surface area contributed by atoms with Crippen molar-refractivity contribution in [3.63, 3.8) is 0 Å². The molecule has 0 spiro atoms. The third kappa shape index (κ3) is 5.87. The number of carbonyl (C=O) groups is 2. The van der Waals surface area contributed by atoms with Crippen LogP contribution in [0.4, 0.5) is 16.5 Å². The first-order valence-electron chi connectivity index (χ1n) is 7.95. The van der Waals surface area contributed by atoms with E-state index in [0.29, 0.717) is 27.1 Å². The van der Waals surface area contributed by atoms with Crippen molar-refractivity contribution in [3.05, 3.63) is 57.7 Å². The molecule has 0 unspecified atom stereocenters. The van der Waals surface area contributed by atoms with Crippen molar-refractivity contribution >= 4 is 61.0 Å². The lowest BCUT2D eigenvalue weighted by atomic mass is 10.2.